The van der Waals surface area contributed by atoms with E-state index in [2.05, 4.69) is 46.7 Å². The number of likely N-dealkylation sites (tertiary alicyclic amines) is 1. The van der Waals surface area contributed by atoms with Gasteiger partial charge in [-0.2, -0.15) is 11.8 Å². The molecule has 0 bridgehead atoms. The fourth-order valence-corrected chi connectivity index (χ4v) is 4.64. The summed E-state index contributed by atoms with van der Waals surface area (Å²) in [5.74, 6) is 0.358. The normalized spacial score (nSPS) is 15.8. The quantitative estimate of drug-likeness (QED) is 0.570. The molecule has 3 rings (SSSR count). The molecule has 0 spiro atoms. The van der Waals surface area contributed by atoms with Crippen LogP contribution in [-0.4, -0.2) is 53.9 Å². The second-order valence-corrected chi connectivity index (χ2v) is 9.67. The minimum Gasteiger partial charge on any atom is -0.351 e. The predicted octanol–water partition coefficient (Wildman–Crippen LogP) is 4.28. The highest BCUT2D eigenvalue weighted by Gasteiger charge is 2.26. The van der Waals surface area contributed by atoms with Crippen molar-refractivity contribution in [2.75, 3.05) is 25.1 Å². The molecule has 0 saturated carbocycles. The molecule has 5 nitrogen and oxygen atoms in total. The Balaban J connectivity index is 1.53. The molecule has 1 atom stereocenters. The van der Waals surface area contributed by atoms with Crippen LogP contribution in [0.5, 0.6) is 0 Å². The number of nitrogens with zero attached hydrogens (tertiary/aromatic N) is 1. The lowest BCUT2D eigenvalue weighted by atomic mass is 10.0. The standard InChI is InChI=1S/C25H32ClN3O2S/c1-18-7-3-4-8-19(18)17-29-14-11-20(12-15-29)27-25(31)23(13-16-32-2)28-24(30)21-9-5-6-10-22(21)26/h3-10,20,23H,11-17H2,1-2H3,(H,27,31)(H,28,30). The Kier molecular flexibility index (Phi) is 9.45. The number of aryl methyl sites for hydroxylation is 1. The SMILES string of the molecule is CSCCC(NC(=O)c1ccccc1Cl)C(=O)NC1CCN(Cc2ccccc2C)CC1. The number of nitrogens with one attached hydrogen (secondary N) is 2. The lowest BCUT2D eigenvalue weighted by molar-refractivity contribution is -0.124. The van der Waals surface area contributed by atoms with Crippen LogP contribution in [0.25, 0.3) is 0 Å². The molecule has 0 aliphatic carbocycles. The smallest absolute Gasteiger partial charge is 0.253 e. The summed E-state index contributed by atoms with van der Waals surface area (Å²) in [6.07, 6.45) is 4.39. The molecule has 1 fully saturated rings. The fourth-order valence-electron chi connectivity index (χ4n) is 3.95. The first-order valence-electron chi connectivity index (χ1n) is 11.1. The molecule has 2 aromatic carbocycles. The molecule has 0 radical (unpaired) electrons. The van der Waals surface area contributed by atoms with Crippen LogP contribution in [0.1, 0.15) is 40.7 Å². The lowest BCUT2D eigenvalue weighted by Gasteiger charge is -2.33. The summed E-state index contributed by atoms with van der Waals surface area (Å²) in [5, 5.41) is 6.44. The second-order valence-electron chi connectivity index (χ2n) is 8.27. The van der Waals surface area contributed by atoms with Gasteiger partial charge in [0, 0.05) is 25.7 Å². The molecular weight excluding hydrogens is 442 g/mol. The van der Waals surface area contributed by atoms with Crippen molar-refractivity contribution in [3.05, 3.63) is 70.2 Å². The average Bonchev–Trinajstić information content (AvgIpc) is 2.79. The molecule has 7 heteroatoms. The van der Waals surface area contributed by atoms with Gasteiger partial charge in [-0.15, -0.1) is 0 Å². The van der Waals surface area contributed by atoms with E-state index in [1.54, 1.807) is 36.0 Å². The fraction of sp³-hybridized carbons (Fsp3) is 0.440. The number of carbonyl (C=O) groups excluding carboxylic acids is 2. The van der Waals surface area contributed by atoms with Gasteiger partial charge in [0.05, 0.1) is 10.6 Å². The molecule has 1 heterocycles. The number of hydrogen-bond donors (Lipinski definition) is 2. The van der Waals surface area contributed by atoms with Crippen LogP contribution in [0.15, 0.2) is 48.5 Å². The van der Waals surface area contributed by atoms with Gasteiger partial charge in [-0.3, -0.25) is 14.5 Å². The third-order valence-electron chi connectivity index (χ3n) is 5.94. The van der Waals surface area contributed by atoms with Gasteiger partial charge in [0.25, 0.3) is 5.91 Å². The van der Waals surface area contributed by atoms with Crippen molar-refractivity contribution in [2.24, 2.45) is 0 Å². The van der Waals surface area contributed by atoms with Gasteiger partial charge in [-0.05, 0) is 61.5 Å². The largest absolute Gasteiger partial charge is 0.351 e. The molecular formula is C25H32ClN3O2S. The Bertz CT molecular complexity index is 916. The van der Waals surface area contributed by atoms with Crippen LogP contribution < -0.4 is 10.6 Å². The van der Waals surface area contributed by atoms with Gasteiger partial charge in [0.1, 0.15) is 6.04 Å². The summed E-state index contributed by atoms with van der Waals surface area (Å²) in [7, 11) is 0. The van der Waals surface area contributed by atoms with E-state index in [1.165, 1.54) is 11.1 Å². The first kappa shape index (κ1) is 24.6. The molecule has 32 heavy (non-hydrogen) atoms. The number of thioether (sulfide) groups is 1. The molecule has 1 saturated heterocycles. The van der Waals surface area contributed by atoms with Crippen molar-refractivity contribution < 1.29 is 9.59 Å². The van der Waals surface area contributed by atoms with E-state index in [0.29, 0.717) is 17.0 Å². The number of halogens is 1. The van der Waals surface area contributed by atoms with Gasteiger partial charge in [-0.25, -0.2) is 0 Å². The zero-order valence-electron chi connectivity index (χ0n) is 18.8. The third-order valence-corrected chi connectivity index (χ3v) is 6.91. The van der Waals surface area contributed by atoms with Crippen LogP contribution in [0.3, 0.4) is 0 Å². The second kappa shape index (κ2) is 12.3. The van der Waals surface area contributed by atoms with Crippen molar-refractivity contribution in [3.8, 4) is 0 Å². The zero-order chi connectivity index (χ0) is 22.9. The van der Waals surface area contributed by atoms with Gasteiger partial charge in [0.2, 0.25) is 5.91 Å². The van der Waals surface area contributed by atoms with Crippen LogP contribution >= 0.6 is 23.4 Å². The molecule has 0 aromatic heterocycles. The van der Waals surface area contributed by atoms with Crippen LogP contribution in [-0.2, 0) is 11.3 Å². The number of rotatable bonds is 9. The predicted molar refractivity (Wildman–Crippen MR) is 133 cm³/mol. The maximum Gasteiger partial charge on any atom is 0.253 e. The minimum absolute atomic E-state index is 0.114. The van der Waals surface area contributed by atoms with Crippen LogP contribution in [0.4, 0.5) is 0 Å². The van der Waals surface area contributed by atoms with Gasteiger partial charge < -0.3 is 10.6 Å². The topological polar surface area (TPSA) is 61.4 Å². The highest BCUT2D eigenvalue weighted by Crippen LogP contribution is 2.18. The highest BCUT2D eigenvalue weighted by molar-refractivity contribution is 7.98. The van der Waals surface area contributed by atoms with Crippen molar-refractivity contribution in [1.82, 2.24) is 15.5 Å². The van der Waals surface area contributed by atoms with E-state index < -0.39 is 6.04 Å². The van der Waals surface area contributed by atoms with E-state index in [9.17, 15) is 9.59 Å². The Morgan fingerprint density at radius 1 is 1.12 bits per heavy atom. The van der Waals surface area contributed by atoms with Gasteiger partial charge >= 0.3 is 0 Å². The number of benzene rings is 2. The first-order valence-corrected chi connectivity index (χ1v) is 12.9. The van der Waals surface area contributed by atoms with E-state index in [1.807, 2.05) is 6.26 Å². The third kappa shape index (κ3) is 6.99. The zero-order valence-corrected chi connectivity index (χ0v) is 20.3. The summed E-state index contributed by atoms with van der Waals surface area (Å²) < 4.78 is 0. The highest BCUT2D eigenvalue weighted by atomic mass is 35.5. The Labute approximate surface area is 200 Å². The molecule has 2 N–H and O–H groups in total. The Morgan fingerprint density at radius 3 is 2.50 bits per heavy atom. The van der Waals surface area contributed by atoms with Gasteiger partial charge in [0.15, 0.2) is 0 Å². The summed E-state index contributed by atoms with van der Waals surface area (Å²) in [5.41, 5.74) is 3.06. The Morgan fingerprint density at radius 2 is 1.81 bits per heavy atom. The molecule has 172 valence electrons. The molecule has 1 unspecified atom stereocenters. The van der Waals surface area contributed by atoms with Crippen molar-refractivity contribution >= 4 is 35.2 Å². The number of hydrogen-bond acceptors (Lipinski definition) is 4. The Hall–Kier alpha value is -2.02. The van der Waals surface area contributed by atoms with E-state index in [0.717, 1.165) is 38.2 Å². The van der Waals surface area contributed by atoms with Crippen molar-refractivity contribution in [3.63, 3.8) is 0 Å². The summed E-state index contributed by atoms with van der Waals surface area (Å²) in [6, 6.07) is 14.9. The van der Waals surface area contributed by atoms with Crippen molar-refractivity contribution in [1.29, 1.82) is 0 Å². The van der Waals surface area contributed by atoms with Gasteiger partial charge in [-0.1, -0.05) is 48.0 Å². The number of piperidine rings is 1. The number of amides is 2. The van der Waals surface area contributed by atoms with Crippen LogP contribution in [0.2, 0.25) is 5.02 Å². The maximum atomic E-state index is 13.0. The molecule has 1 aliphatic rings. The maximum absolute atomic E-state index is 13.0. The van der Waals surface area contributed by atoms with Crippen LogP contribution in [0, 0.1) is 6.92 Å². The van der Waals surface area contributed by atoms with E-state index in [-0.39, 0.29) is 17.9 Å². The summed E-state index contributed by atoms with van der Waals surface area (Å²) in [6.45, 7) is 4.98. The van der Waals surface area contributed by atoms with Crippen molar-refractivity contribution in [2.45, 2.75) is 44.8 Å². The molecule has 2 amide bonds. The molecule has 2 aromatic rings. The first-order chi connectivity index (χ1) is 15.5. The summed E-state index contributed by atoms with van der Waals surface area (Å²) in [4.78, 5) is 28.1. The molecule has 1 aliphatic heterocycles. The minimum atomic E-state index is -0.573. The lowest BCUT2D eigenvalue weighted by Crippen LogP contribution is -2.52. The number of carbonyl (C=O) groups is 2. The van der Waals surface area contributed by atoms with E-state index in [4.69, 9.17) is 11.6 Å². The average molecular weight is 474 g/mol. The monoisotopic (exact) mass is 473 g/mol. The van der Waals surface area contributed by atoms with E-state index >= 15 is 0 Å². The summed E-state index contributed by atoms with van der Waals surface area (Å²) >= 11 is 7.81.